The number of hydrogen-bond acceptors (Lipinski definition) is 2. The number of carboxylic acid groups (broad SMARTS) is 1. The van der Waals surface area contributed by atoms with E-state index in [1.54, 1.807) is 13.0 Å². The molecule has 0 aliphatic heterocycles. The number of carboxylic acids is 1. The lowest BCUT2D eigenvalue weighted by Crippen LogP contribution is -2.00. The molecule has 1 aromatic carbocycles. The first-order valence-corrected chi connectivity index (χ1v) is 3.87. The molecule has 0 saturated heterocycles. The third-order valence-corrected chi connectivity index (χ3v) is 2.06. The fourth-order valence-corrected chi connectivity index (χ4v) is 1.11. The SMILES string of the molecule is Cc1cc(C#N)c(C(=O)O)cc1Cl. The molecular weight excluding hydrogens is 190 g/mol. The highest BCUT2D eigenvalue weighted by molar-refractivity contribution is 6.31. The van der Waals surface area contributed by atoms with Crippen molar-refractivity contribution in [1.82, 2.24) is 0 Å². The van der Waals surface area contributed by atoms with Crippen molar-refractivity contribution in [3.63, 3.8) is 0 Å². The molecule has 1 rings (SSSR count). The standard InChI is InChI=1S/C9H6ClNO2/c1-5-2-6(4-11)7(9(12)13)3-8(5)10/h2-3H,1H3,(H,12,13). The van der Waals surface area contributed by atoms with Gasteiger partial charge in [-0.05, 0) is 24.6 Å². The lowest BCUT2D eigenvalue weighted by molar-refractivity contribution is 0.0696. The second-order valence-electron chi connectivity index (χ2n) is 2.56. The van der Waals surface area contributed by atoms with Gasteiger partial charge in [0.25, 0.3) is 0 Å². The van der Waals surface area contributed by atoms with Crippen LogP contribution in [0, 0.1) is 18.3 Å². The molecule has 66 valence electrons. The van der Waals surface area contributed by atoms with Crippen molar-refractivity contribution >= 4 is 17.6 Å². The van der Waals surface area contributed by atoms with Crippen molar-refractivity contribution in [2.75, 3.05) is 0 Å². The van der Waals surface area contributed by atoms with Crippen LogP contribution in [0.4, 0.5) is 0 Å². The smallest absolute Gasteiger partial charge is 0.337 e. The summed E-state index contributed by atoms with van der Waals surface area (Å²) in [4.78, 5) is 10.6. The molecule has 3 nitrogen and oxygen atoms in total. The highest BCUT2D eigenvalue weighted by atomic mass is 35.5. The largest absolute Gasteiger partial charge is 0.478 e. The molecule has 0 aliphatic carbocycles. The highest BCUT2D eigenvalue weighted by Gasteiger charge is 2.11. The maximum Gasteiger partial charge on any atom is 0.337 e. The van der Waals surface area contributed by atoms with Crippen LogP contribution in [-0.4, -0.2) is 11.1 Å². The summed E-state index contributed by atoms with van der Waals surface area (Å²) >= 11 is 5.71. The maximum atomic E-state index is 10.6. The Morgan fingerprint density at radius 2 is 2.23 bits per heavy atom. The van der Waals surface area contributed by atoms with E-state index in [1.807, 2.05) is 0 Å². The number of hydrogen-bond donors (Lipinski definition) is 1. The minimum absolute atomic E-state index is 0.0573. The van der Waals surface area contributed by atoms with Gasteiger partial charge in [-0.15, -0.1) is 0 Å². The molecule has 13 heavy (non-hydrogen) atoms. The minimum Gasteiger partial charge on any atom is -0.478 e. The molecule has 1 N–H and O–H groups in total. The molecular formula is C9H6ClNO2. The van der Waals surface area contributed by atoms with Gasteiger partial charge in [0.15, 0.2) is 0 Å². The summed E-state index contributed by atoms with van der Waals surface area (Å²) in [5, 5.41) is 17.7. The summed E-state index contributed by atoms with van der Waals surface area (Å²) < 4.78 is 0. The summed E-state index contributed by atoms with van der Waals surface area (Å²) in [7, 11) is 0. The van der Waals surface area contributed by atoms with Crippen molar-refractivity contribution in [3.8, 4) is 6.07 Å². The van der Waals surface area contributed by atoms with E-state index in [2.05, 4.69) is 0 Å². The second kappa shape index (κ2) is 3.46. The maximum absolute atomic E-state index is 10.6. The molecule has 0 spiro atoms. The monoisotopic (exact) mass is 195 g/mol. The van der Waals surface area contributed by atoms with Crippen molar-refractivity contribution in [3.05, 3.63) is 33.8 Å². The summed E-state index contributed by atoms with van der Waals surface area (Å²) in [5.41, 5.74) is 0.774. The molecule has 0 fully saturated rings. The van der Waals surface area contributed by atoms with Crippen LogP contribution in [0.25, 0.3) is 0 Å². The zero-order valence-electron chi connectivity index (χ0n) is 6.84. The summed E-state index contributed by atoms with van der Waals surface area (Å²) in [6.07, 6.45) is 0. The average molecular weight is 196 g/mol. The first kappa shape index (κ1) is 9.56. The zero-order chi connectivity index (χ0) is 10.0. The van der Waals surface area contributed by atoms with Gasteiger partial charge >= 0.3 is 5.97 Å². The molecule has 0 amide bonds. The normalized spacial score (nSPS) is 9.31. The van der Waals surface area contributed by atoms with E-state index in [0.717, 1.165) is 0 Å². The van der Waals surface area contributed by atoms with Crippen molar-refractivity contribution in [1.29, 1.82) is 5.26 Å². The molecule has 0 atom stereocenters. The van der Waals surface area contributed by atoms with Crippen LogP contribution >= 0.6 is 11.6 Å². The Morgan fingerprint density at radius 3 is 2.69 bits per heavy atom. The van der Waals surface area contributed by atoms with Gasteiger partial charge in [0, 0.05) is 5.02 Å². The first-order valence-electron chi connectivity index (χ1n) is 3.50. The van der Waals surface area contributed by atoms with Gasteiger partial charge in [-0.2, -0.15) is 5.26 Å². The third kappa shape index (κ3) is 1.79. The number of nitrogens with zero attached hydrogens (tertiary/aromatic N) is 1. The number of nitriles is 1. The van der Waals surface area contributed by atoms with Crippen LogP contribution in [0.2, 0.25) is 5.02 Å². The zero-order valence-corrected chi connectivity index (χ0v) is 7.59. The van der Waals surface area contributed by atoms with Gasteiger partial charge in [-0.25, -0.2) is 4.79 Å². The molecule has 0 aliphatic rings. The Kier molecular flexibility index (Phi) is 2.54. The van der Waals surface area contributed by atoms with Gasteiger partial charge in [0.05, 0.1) is 11.1 Å². The Morgan fingerprint density at radius 1 is 1.62 bits per heavy atom. The second-order valence-corrected chi connectivity index (χ2v) is 2.97. The van der Waals surface area contributed by atoms with Crippen LogP contribution in [-0.2, 0) is 0 Å². The predicted octanol–water partition coefficient (Wildman–Crippen LogP) is 2.22. The van der Waals surface area contributed by atoms with Crippen LogP contribution in [0.5, 0.6) is 0 Å². The van der Waals surface area contributed by atoms with Crippen LogP contribution in [0.3, 0.4) is 0 Å². The van der Waals surface area contributed by atoms with Crippen molar-refractivity contribution in [2.45, 2.75) is 6.92 Å². The number of halogens is 1. The Bertz CT molecular complexity index is 407. The number of rotatable bonds is 1. The van der Waals surface area contributed by atoms with Crippen LogP contribution in [0.15, 0.2) is 12.1 Å². The number of aromatic carboxylic acids is 1. The number of benzene rings is 1. The van der Waals surface area contributed by atoms with Crippen molar-refractivity contribution in [2.24, 2.45) is 0 Å². The quantitative estimate of drug-likeness (QED) is 0.748. The van der Waals surface area contributed by atoms with Gasteiger partial charge in [-0.3, -0.25) is 0 Å². The molecule has 0 aromatic heterocycles. The lowest BCUT2D eigenvalue weighted by Gasteiger charge is -2.01. The molecule has 1 aromatic rings. The Balaban J connectivity index is 3.44. The average Bonchev–Trinajstić information content (AvgIpc) is 2.08. The topological polar surface area (TPSA) is 61.1 Å². The van der Waals surface area contributed by atoms with E-state index >= 15 is 0 Å². The number of aryl methyl sites for hydroxylation is 1. The van der Waals surface area contributed by atoms with E-state index in [1.165, 1.54) is 12.1 Å². The Labute approximate surface area is 80.2 Å². The van der Waals surface area contributed by atoms with E-state index in [0.29, 0.717) is 10.6 Å². The third-order valence-electron chi connectivity index (χ3n) is 1.65. The summed E-state index contributed by atoms with van der Waals surface area (Å²) in [6.45, 7) is 1.72. The lowest BCUT2D eigenvalue weighted by atomic mass is 10.1. The van der Waals surface area contributed by atoms with Gasteiger partial charge in [0.2, 0.25) is 0 Å². The molecule has 0 unspecified atom stereocenters. The fourth-order valence-electron chi connectivity index (χ4n) is 0.951. The van der Waals surface area contributed by atoms with Crippen LogP contribution in [0.1, 0.15) is 21.5 Å². The van der Waals surface area contributed by atoms with Crippen LogP contribution < -0.4 is 0 Å². The highest BCUT2D eigenvalue weighted by Crippen LogP contribution is 2.20. The van der Waals surface area contributed by atoms with Gasteiger partial charge in [-0.1, -0.05) is 11.6 Å². The Hall–Kier alpha value is -1.53. The predicted molar refractivity (Wildman–Crippen MR) is 47.9 cm³/mol. The summed E-state index contributed by atoms with van der Waals surface area (Å²) in [5.74, 6) is -1.14. The molecule has 4 heteroatoms. The summed E-state index contributed by atoms with van der Waals surface area (Å²) in [6, 6.07) is 4.56. The molecule has 0 saturated carbocycles. The molecule has 0 radical (unpaired) electrons. The van der Waals surface area contributed by atoms with E-state index < -0.39 is 5.97 Å². The van der Waals surface area contributed by atoms with E-state index in [9.17, 15) is 4.79 Å². The molecule has 0 bridgehead atoms. The van der Waals surface area contributed by atoms with E-state index in [4.69, 9.17) is 22.0 Å². The van der Waals surface area contributed by atoms with Crippen molar-refractivity contribution < 1.29 is 9.90 Å². The molecule has 0 heterocycles. The number of carbonyl (C=O) groups is 1. The van der Waals surface area contributed by atoms with Gasteiger partial charge < -0.3 is 5.11 Å². The minimum atomic E-state index is -1.14. The van der Waals surface area contributed by atoms with E-state index in [-0.39, 0.29) is 11.1 Å². The van der Waals surface area contributed by atoms with Gasteiger partial charge in [0.1, 0.15) is 6.07 Å². The fraction of sp³-hybridized carbons (Fsp3) is 0.111. The first-order chi connectivity index (χ1) is 6.06.